The van der Waals surface area contributed by atoms with Gasteiger partial charge in [0.1, 0.15) is 6.61 Å². The molecule has 1 N–H and O–H groups in total. The molecule has 20 heavy (non-hydrogen) atoms. The van der Waals surface area contributed by atoms with Gasteiger partial charge in [-0.05, 0) is 39.0 Å². The smallest absolute Gasteiger partial charge is 0.333 e. The predicted octanol–water partition coefficient (Wildman–Crippen LogP) is 0.949. The molecule has 0 aromatic rings. The highest BCUT2D eigenvalue weighted by Crippen LogP contribution is 2.50. The molecule has 5 nitrogen and oxygen atoms in total. The second-order valence-electron chi connectivity index (χ2n) is 6.80. The third-order valence-electron chi connectivity index (χ3n) is 5.36. The average molecular weight is 276 g/mol. The largest absolute Gasteiger partial charge is 0.456 e. The summed E-state index contributed by atoms with van der Waals surface area (Å²) in [4.78, 5) is 26.1. The molecule has 5 heteroatoms. The number of nitrogens with zero attached hydrogens (tertiary/aromatic N) is 1. The number of nitrogens with one attached hydrogen (secondary N) is 1. The van der Waals surface area contributed by atoms with Crippen molar-refractivity contribution in [2.75, 3.05) is 6.61 Å². The van der Waals surface area contributed by atoms with Crippen LogP contribution < -0.4 is 5.32 Å². The number of piperidine rings is 1. The first-order chi connectivity index (χ1) is 9.57. The Morgan fingerprint density at radius 3 is 2.55 bits per heavy atom. The Bertz CT molecular complexity index is 501. The van der Waals surface area contributed by atoms with Crippen LogP contribution in [0.4, 0.5) is 0 Å². The van der Waals surface area contributed by atoms with E-state index in [4.69, 9.17) is 4.74 Å². The molecule has 4 heterocycles. The van der Waals surface area contributed by atoms with E-state index in [0.29, 0.717) is 12.1 Å². The van der Waals surface area contributed by atoms with Gasteiger partial charge in [0.2, 0.25) is 5.91 Å². The maximum absolute atomic E-state index is 13.0. The molecule has 3 fully saturated rings. The molecule has 4 rings (SSSR count). The summed E-state index contributed by atoms with van der Waals surface area (Å²) in [5.74, 6) is -0.112. The zero-order valence-electron chi connectivity index (χ0n) is 11.7. The van der Waals surface area contributed by atoms with Crippen molar-refractivity contribution in [3.63, 3.8) is 0 Å². The van der Waals surface area contributed by atoms with Crippen LogP contribution in [0, 0.1) is 5.41 Å². The highest BCUT2D eigenvalue weighted by atomic mass is 16.5. The zero-order valence-corrected chi connectivity index (χ0v) is 11.7. The lowest BCUT2D eigenvalue weighted by atomic mass is 9.73. The molecule has 3 saturated heterocycles. The summed E-state index contributed by atoms with van der Waals surface area (Å²) in [6.07, 6.45) is 6.67. The molecule has 0 aliphatic carbocycles. The average Bonchev–Trinajstić information content (AvgIpc) is 3.01. The number of rotatable bonds is 1. The van der Waals surface area contributed by atoms with E-state index in [2.05, 4.69) is 12.2 Å². The molecule has 1 amide bonds. The molecule has 4 aliphatic rings. The van der Waals surface area contributed by atoms with Crippen LogP contribution in [-0.4, -0.2) is 41.5 Å². The Hall–Kier alpha value is -1.36. The predicted molar refractivity (Wildman–Crippen MR) is 71.6 cm³/mol. The maximum atomic E-state index is 13.0. The minimum atomic E-state index is -0.327. The first kappa shape index (κ1) is 12.4. The van der Waals surface area contributed by atoms with Crippen molar-refractivity contribution in [3.8, 4) is 0 Å². The van der Waals surface area contributed by atoms with Gasteiger partial charge in [-0.3, -0.25) is 4.79 Å². The van der Waals surface area contributed by atoms with E-state index in [1.54, 1.807) is 0 Å². The number of cyclic esters (lactones) is 1. The number of carbonyl (C=O) groups is 2. The van der Waals surface area contributed by atoms with Crippen LogP contribution in [0.5, 0.6) is 0 Å². The van der Waals surface area contributed by atoms with Gasteiger partial charge in [-0.1, -0.05) is 0 Å². The summed E-state index contributed by atoms with van der Waals surface area (Å²) >= 11 is 0. The molecular weight excluding hydrogens is 256 g/mol. The third kappa shape index (κ3) is 1.65. The van der Waals surface area contributed by atoms with Crippen molar-refractivity contribution in [2.45, 2.75) is 57.2 Å². The number of carbonyl (C=O) groups excluding carboxylic acids is 2. The molecule has 2 unspecified atom stereocenters. The Kier molecular flexibility index (Phi) is 2.52. The van der Waals surface area contributed by atoms with Gasteiger partial charge in [-0.25, -0.2) is 4.79 Å². The van der Waals surface area contributed by atoms with Crippen molar-refractivity contribution in [1.29, 1.82) is 0 Å². The van der Waals surface area contributed by atoms with Gasteiger partial charge in [0.25, 0.3) is 0 Å². The van der Waals surface area contributed by atoms with Gasteiger partial charge in [0.15, 0.2) is 0 Å². The summed E-state index contributed by atoms with van der Waals surface area (Å²) < 4.78 is 4.97. The third-order valence-corrected chi connectivity index (χ3v) is 5.36. The van der Waals surface area contributed by atoms with E-state index in [1.165, 1.54) is 18.9 Å². The van der Waals surface area contributed by atoms with Crippen molar-refractivity contribution < 1.29 is 14.3 Å². The number of likely N-dealkylation sites (tertiary alicyclic amines) is 1. The fourth-order valence-electron chi connectivity index (χ4n) is 4.71. The van der Waals surface area contributed by atoms with Crippen molar-refractivity contribution in [3.05, 3.63) is 11.8 Å². The van der Waals surface area contributed by atoms with Gasteiger partial charge in [0.05, 0.1) is 11.1 Å². The molecule has 0 saturated carbocycles. The van der Waals surface area contributed by atoms with E-state index in [1.807, 2.05) is 4.90 Å². The summed E-state index contributed by atoms with van der Waals surface area (Å²) in [7, 11) is 0. The van der Waals surface area contributed by atoms with Crippen LogP contribution in [0.25, 0.3) is 0 Å². The number of hydrogen-bond donors (Lipinski definition) is 1. The highest BCUT2D eigenvalue weighted by molar-refractivity contribution is 5.91. The van der Waals surface area contributed by atoms with Gasteiger partial charge in [-0.2, -0.15) is 0 Å². The van der Waals surface area contributed by atoms with Crippen LogP contribution in [0.1, 0.15) is 39.0 Å². The number of hydrogen-bond acceptors (Lipinski definition) is 4. The fourth-order valence-corrected chi connectivity index (χ4v) is 4.71. The Morgan fingerprint density at radius 1 is 1.25 bits per heavy atom. The van der Waals surface area contributed by atoms with Gasteiger partial charge in [0, 0.05) is 24.2 Å². The quantitative estimate of drug-likeness (QED) is 0.724. The normalized spacial score (nSPS) is 43.4. The molecular formula is C15H20N2O3. The van der Waals surface area contributed by atoms with Crippen LogP contribution in [0.3, 0.4) is 0 Å². The van der Waals surface area contributed by atoms with E-state index in [-0.39, 0.29) is 29.9 Å². The first-order valence-electron chi connectivity index (χ1n) is 7.54. The lowest BCUT2D eigenvalue weighted by molar-refractivity contribution is -0.138. The second-order valence-corrected chi connectivity index (χ2v) is 6.80. The first-order valence-corrected chi connectivity index (χ1v) is 7.54. The van der Waals surface area contributed by atoms with E-state index in [0.717, 1.165) is 25.0 Å². The second kappa shape index (κ2) is 4.07. The molecule has 0 aromatic heterocycles. The number of ether oxygens (including phenoxy) is 1. The van der Waals surface area contributed by atoms with Gasteiger partial charge in [-0.15, -0.1) is 0 Å². The Labute approximate surface area is 118 Å². The van der Waals surface area contributed by atoms with E-state index >= 15 is 0 Å². The Balaban J connectivity index is 1.63. The molecule has 0 aromatic carbocycles. The van der Waals surface area contributed by atoms with Crippen LogP contribution in [0.15, 0.2) is 11.8 Å². The minimum Gasteiger partial charge on any atom is -0.456 e. The molecule has 4 atom stereocenters. The van der Waals surface area contributed by atoms with Crippen LogP contribution in [-0.2, 0) is 14.3 Å². The summed E-state index contributed by atoms with van der Waals surface area (Å²) in [6.45, 7) is 2.33. The standard InChI is InChI=1S/C15H20N2O3/c1-9-5-15(6-10-2-3-11(7-15)16-10)14(19)17(9)12-4-13(18)20-8-12/h4,9-11,16H,2-3,5-8H2,1H3/t9?,10-,11+,15?. The summed E-state index contributed by atoms with van der Waals surface area (Å²) in [5, 5.41) is 3.60. The minimum absolute atomic E-state index is 0.167. The monoisotopic (exact) mass is 276 g/mol. The number of fused-ring (bicyclic) bond motifs is 2. The van der Waals surface area contributed by atoms with Gasteiger partial charge >= 0.3 is 5.97 Å². The van der Waals surface area contributed by atoms with Crippen LogP contribution in [0.2, 0.25) is 0 Å². The maximum Gasteiger partial charge on any atom is 0.333 e. The summed E-state index contributed by atoms with van der Waals surface area (Å²) in [6, 6.07) is 1.17. The SMILES string of the molecule is CC1CC2(C[C@H]3CC[C@@H](C2)N3)C(=O)N1C1=CC(=O)OC1. The molecule has 1 spiro atoms. The van der Waals surface area contributed by atoms with Crippen molar-refractivity contribution in [1.82, 2.24) is 10.2 Å². The Morgan fingerprint density at radius 2 is 1.95 bits per heavy atom. The van der Waals surface area contributed by atoms with Gasteiger partial charge < -0.3 is 15.0 Å². The number of amides is 1. The lowest BCUT2D eigenvalue weighted by Crippen LogP contribution is -2.48. The van der Waals surface area contributed by atoms with Crippen molar-refractivity contribution >= 4 is 11.9 Å². The highest BCUT2D eigenvalue weighted by Gasteiger charge is 2.56. The fraction of sp³-hybridized carbons (Fsp3) is 0.733. The van der Waals surface area contributed by atoms with E-state index < -0.39 is 0 Å². The van der Waals surface area contributed by atoms with Crippen LogP contribution >= 0.6 is 0 Å². The molecule has 0 radical (unpaired) electrons. The van der Waals surface area contributed by atoms with Crippen molar-refractivity contribution in [2.24, 2.45) is 5.41 Å². The molecule has 4 aliphatic heterocycles. The molecule has 2 bridgehead atoms. The number of esters is 1. The zero-order chi connectivity index (χ0) is 13.9. The molecule has 108 valence electrons. The van der Waals surface area contributed by atoms with E-state index in [9.17, 15) is 9.59 Å². The lowest BCUT2D eigenvalue weighted by Gasteiger charge is -2.36. The topological polar surface area (TPSA) is 58.6 Å². The summed E-state index contributed by atoms with van der Waals surface area (Å²) in [5.41, 5.74) is 0.540.